The SMILES string of the molecule is COc1ccccc1NC(=S)NCc1ccc(-n2cccn2)cc1. The Kier molecular flexibility index (Phi) is 5.08. The molecular weight excluding hydrogens is 320 g/mol. The number of benzene rings is 2. The summed E-state index contributed by atoms with van der Waals surface area (Å²) in [6.07, 6.45) is 3.68. The van der Waals surface area contributed by atoms with Crippen molar-refractivity contribution >= 4 is 23.0 Å². The second kappa shape index (κ2) is 7.61. The number of aromatic nitrogens is 2. The van der Waals surface area contributed by atoms with Crippen molar-refractivity contribution in [3.05, 3.63) is 72.6 Å². The molecule has 24 heavy (non-hydrogen) atoms. The van der Waals surface area contributed by atoms with E-state index in [1.165, 1.54) is 0 Å². The highest BCUT2D eigenvalue weighted by Gasteiger charge is 2.04. The lowest BCUT2D eigenvalue weighted by atomic mass is 10.2. The van der Waals surface area contributed by atoms with Crippen LogP contribution in [0.25, 0.3) is 5.69 Å². The van der Waals surface area contributed by atoms with Crippen LogP contribution in [0.1, 0.15) is 5.56 Å². The quantitative estimate of drug-likeness (QED) is 0.699. The molecule has 6 heteroatoms. The normalized spacial score (nSPS) is 10.2. The highest BCUT2D eigenvalue weighted by atomic mass is 32.1. The Bertz CT molecular complexity index is 800. The Morgan fingerprint density at radius 2 is 1.92 bits per heavy atom. The minimum atomic E-state index is 0.552. The predicted octanol–water partition coefficient (Wildman–Crippen LogP) is 3.37. The molecule has 3 rings (SSSR count). The monoisotopic (exact) mass is 338 g/mol. The van der Waals surface area contributed by atoms with E-state index in [2.05, 4.69) is 27.9 Å². The summed E-state index contributed by atoms with van der Waals surface area (Å²) in [6.45, 7) is 0.639. The second-order valence-corrected chi connectivity index (χ2v) is 5.53. The maximum Gasteiger partial charge on any atom is 0.171 e. The maximum absolute atomic E-state index is 5.34. The lowest BCUT2D eigenvalue weighted by Crippen LogP contribution is -2.28. The van der Waals surface area contributed by atoms with Crippen molar-refractivity contribution in [2.45, 2.75) is 6.54 Å². The fourth-order valence-electron chi connectivity index (χ4n) is 2.28. The van der Waals surface area contributed by atoms with E-state index >= 15 is 0 Å². The Hall–Kier alpha value is -2.86. The average Bonchev–Trinajstić information content (AvgIpc) is 3.15. The number of methoxy groups -OCH3 is 1. The van der Waals surface area contributed by atoms with Gasteiger partial charge in [0.25, 0.3) is 0 Å². The molecule has 0 bridgehead atoms. The number of ether oxygens (including phenoxy) is 1. The molecule has 1 aromatic heterocycles. The number of nitrogens with one attached hydrogen (secondary N) is 2. The van der Waals surface area contributed by atoms with Crippen LogP contribution in [0.4, 0.5) is 5.69 Å². The second-order valence-electron chi connectivity index (χ2n) is 5.13. The first kappa shape index (κ1) is 16.0. The van der Waals surface area contributed by atoms with Crippen LogP contribution in [0.15, 0.2) is 67.0 Å². The molecular formula is C18H18N4OS. The topological polar surface area (TPSA) is 51.1 Å². The largest absolute Gasteiger partial charge is 0.495 e. The summed E-state index contributed by atoms with van der Waals surface area (Å²) in [5, 5.41) is 11.1. The first-order chi connectivity index (χ1) is 11.8. The van der Waals surface area contributed by atoms with Gasteiger partial charge in [-0.05, 0) is 48.1 Å². The minimum Gasteiger partial charge on any atom is -0.495 e. The van der Waals surface area contributed by atoms with Crippen LogP contribution in [-0.2, 0) is 6.54 Å². The highest BCUT2D eigenvalue weighted by molar-refractivity contribution is 7.80. The van der Waals surface area contributed by atoms with E-state index in [1.54, 1.807) is 13.3 Å². The first-order valence-corrected chi connectivity index (χ1v) is 7.94. The van der Waals surface area contributed by atoms with Crippen molar-refractivity contribution in [1.82, 2.24) is 15.1 Å². The fourth-order valence-corrected chi connectivity index (χ4v) is 2.47. The summed E-state index contributed by atoms with van der Waals surface area (Å²) in [7, 11) is 1.64. The van der Waals surface area contributed by atoms with Gasteiger partial charge in [-0.15, -0.1) is 0 Å². The van der Waals surface area contributed by atoms with Gasteiger partial charge in [-0.25, -0.2) is 4.68 Å². The van der Waals surface area contributed by atoms with Gasteiger partial charge >= 0.3 is 0 Å². The zero-order valence-corrected chi connectivity index (χ0v) is 14.1. The molecule has 0 aliphatic heterocycles. The maximum atomic E-state index is 5.34. The molecule has 5 nitrogen and oxygen atoms in total. The number of nitrogens with zero attached hydrogens (tertiary/aromatic N) is 2. The molecule has 122 valence electrons. The number of thiocarbonyl (C=S) groups is 1. The van der Waals surface area contributed by atoms with E-state index in [1.807, 2.05) is 53.3 Å². The molecule has 0 radical (unpaired) electrons. The summed E-state index contributed by atoms with van der Waals surface area (Å²) in [6, 6.07) is 17.7. The van der Waals surface area contributed by atoms with Gasteiger partial charge in [-0.2, -0.15) is 5.10 Å². The van der Waals surface area contributed by atoms with Crippen LogP contribution in [0.5, 0.6) is 5.75 Å². The zero-order valence-electron chi connectivity index (χ0n) is 13.3. The fraction of sp³-hybridized carbons (Fsp3) is 0.111. The van der Waals surface area contributed by atoms with E-state index in [-0.39, 0.29) is 0 Å². The summed E-state index contributed by atoms with van der Waals surface area (Å²) in [4.78, 5) is 0. The summed E-state index contributed by atoms with van der Waals surface area (Å²) < 4.78 is 7.12. The van der Waals surface area contributed by atoms with Crippen molar-refractivity contribution < 1.29 is 4.74 Å². The van der Waals surface area contributed by atoms with Gasteiger partial charge < -0.3 is 15.4 Å². The minimum absolute atomic E-state index is 0.552. The zero-order chi connectivity index (χ0) is 16.8. The van der Waals surface area contributed by atoms with Crippen LogP contribution in [0.2, 0.25) is 0 Å². The predicted molar refractivity (Wildman–Crippen MR) is 99.6 cm³/mol. The molecule has 0 unspecified atom stereocenters. The summed E-state index contributed by atoms with van der Waals surface area (Å²) in [5.74, 6) is 0.755. The summed E-state index contributed by atoms with van der Waals surface area (Å²) in [5.41, 5.74) is 3.00. The molecule has 2 aromatic carbocycles. The van der Waals surface area contributed by atoms with Gasteiger partial charge in [0.1, 0.15) is 5.75 Å². The Morgan fingerprint density at radius 1 is 1.12 bits per heavy atom. The number of anilines is 1. The Morgan fingerprint density at radius 3 is 2.62 bits per heavy atom. The van der Waals surface area contributed by atoms with Crippen LogP contribution < -0.4 is 15.4 Å². The van der Waals surface area contributed by atoms with Crippen molar-refractivity contribution in [3.8, 4) is 11.4 Å². The lowest BCUT2D eigenvalue weighted by molar-refractivity contribution is 0.417. The third-order valence-electron chi connectivity index (χ3n) is 3.51. The molecule has 0 fully saturated rings. The number of para-hydroxylation sites is 2. The lowest BCUT2D eigenvalue weighted by Gasteiger charge is -2.13. The third kappa shape index (κ3) is 3.91. The van der Waals surface area contributed by atoms with E-state index < -0.39 is 0 Å². The van der Waals surface area contributed by atoms with Gasteiger partial charge in [0.2, 0.25) is 0 Å². The van der Waals surface area contributed by atoms with Gasteiger partial charge in [-0.1, -0.05) is 24.3 Å². The van der Waals surface area contributed by atoms with Gasteiger partial charge in [0, 0.05) is 18.9 Å². The molecule has 0 saturated heterocycles. The van der Waals surface area contributed by atoms with E-state index in [0.29, 0.717) is 11.7 Å². The highest BCUT2D eigenvalue weighted by Crippen LogP contribution is 2.22. The van der Waals surface area contributed by atoms with Crippen LogP contribution >= 0.6 is 12.2 Å². The van der Waals surface area contributed by atoms with Gasteiger partial charge in [0.15, 0.2) is 5.11 Å². The Labute approximate surface area is 146 Å². The van der Waals surface area contributed by atoms with E-state index in [0.717, 1.165) is 22.7 Å². The number of hydrogen-bond donors (Lipinski definition) is 2. The third-order valence-corrected chi connectivity index (χ3v) is 3.76. The van der Waals surface area contributed by atoms with Crippen molar-refractivity contribution in [1.29, 1.82) is 0 Å². The number of hydrogen-bond acceptors (Lipinski definition) is 3. The Balaban J connectivity index is 1.56. The van der Waals surface area contributed by atoms with Gasteiger partial charge in [-0.3, -0.25) is 0 Å². The van der Waals surface area contributed by atoms with E-state index in [4.69, 9.17) is 17.0 Å². The molecule has 1 heterocycles. The molecule has 0 aliphatic carbocycles. The molecule has 0 atom stereocenters. The van der Waals surface area contributed by atoms with Gasteiger partial charge in [0.05, 0.1) is 18.5 Å². The van der Waals surface area contributed by atoms with Crippen molar-refractivity contribution in [2.75, 3.05) is 12.4 Å². The number of rotatable bonds is 5. The van der Waals surface area contributed by atoms with Crippen molar-refractivity contribution in [2.24, 2.45) is 0 Å². The first-order valence-electron chi connectivity index (χ1n) is 7.53. The smallest absolute Gasteiger partial charge is 0.171 e. The molecule has 2 N–H and O–H groups in total. The molecule has 0 spiro atoms. The van der Waals surface area contributed by atoms with E-state index in [9.17, 15) is 0 Å². The molecule has 0 amide bonds. The molecule has 0 saturated carbocycles. The van der Waals surface area contributed by atoms with Crippen LogP contribution in [0.3, 0.4) is 0 Å². The summed E-state index contributed by atoms with van der Waals surface area (Å²) >= 11 is 5.34. The molecule has 0 aliphatic rings. The van der Waals surface area contributed by atoms with Crippen LogP contribution in [0, 0.1) is 0 Å². The molecule has 3 aromatic rings. The van der Waals surface area contributed by atoms with Crippen molar-refractivity contribution in [3.63, 3.8) is 0 Å². The van der Waals surface area contributed by atoms with Crippen LogP contribution in [-0.4, -0.2) is 22.0 Å². The average molecular weight is 338 g/mol. The standard InChI is InChI=1S/C18H18N4OS/c1-23-17-6-3-2-5-16(17)21-18(24)19-13-14-7-9-15(10-8-14)22-12-4-11-20-22/h2-12H,13H2,1H3,(H2,19,21,24).